The van der Waals surface area contributed by atoms with Crippen LogP contribution in [0.4, 0.5) is 0 Å². The zero-order chi connectivity index (χ0) is 16.1. The number of carbonyl (C=O) groups excluding carboxylic acids is 1. The normalized spacial score (nSPS) is 10.9. The molecule has 22 heavy (non-hydrogen) atoms. The maximum Gasteiger partial charge on any atom is 0.160 e. The molecule has 0 aliphatic rings. The zero-order valence-corrected chi connectivity index (χ0v) is 13.4. The minimum absolute atomic E-state index is 0.0266. The molecule has 0 aliphatic carbocycles. The van der Waals surface area contributed by atoms with Crippen molar-refractivity contribution in [2.75, 3.05) is 7.11 Å². The van der Waals surface area contributed by atoms with Gasteiger partial charge < -0.3 is 9.84 Å². The first-order chi connectivity index (χ1) is 10.5. The average Bonchev–Trinajstić information content (AvgIpc) is 2.44. The van der Waals surface area contributed by atoms with Gasteiger partial charge in [0, 0.05) is 16.5 Å². The van der Waals surface area contributed by atoms with Crippen molar-refractivity contribution >= 4 is 35.1 Å². The maximum absolute atomic E-state index is 12.0. The van der Waals surface area contributed by atoms with Gasteiger partial charge >= 0.3 is 0 Å². The third kappa shape index (κ3) is 4.52. The van der Waals surface area contributed by atoms with Gasteiger partial charge in [0.25, 0.3) is 0 Å². The third-order valence-electron chi connectivity index (χ3n) is 2.97. The number of hydrogen-bond acceptors (Lipinski definition) is 3. The molecular weight excluding hydrogens is 323 g/mol. The van der Waals surface area contributed by atoms with Crippen LogP contribution in [-0.4, -0.2) is 18.0 Å². The van der Waals surface area contributed by atoms with Crippen molar-refractivity contribution in [3.05, 3.63) is 63.6 Å². The molecule has 0 heterocycles. The summed E-state index contributed by atoms with van der Waals surface area (Å²) in [7, 11) is 1.48. The molecule has 5 heteroatoms. The number of phenolic OH excluding ortho intramolecular Hbond substituents is 1. The van der Waals surface area contributed by atoms with Crippen LogP contribution in [0.15, 0.2) is 42.5 Å². The summed E-state index contributed by atoms with van der Waals surface area (Å²) < 4.78 is 4.96. The molecule has 0 unspecified atom stereocenters. The maximum atomic E-state index is 12.0. The van der Waals surface area contributed by atoms with Crippen molar-refractivity contribution in [2.45, 2.75) is 6.42 Å². The summed E-state index contributed by atoms with van der Waals surface area (Å²) in [6.45, 7) is 0. The standard InChI is InChI=1S/C17H14Cl2O3/c1-22-17-5-3-11(9-16(17)21)2-4-15(20)8-12-6-13(18)10-14(19)7-12/h2-7,9-10,21H,8H2,1H3/b4-2+. The second-order valence-corrected chi connectivity index (χ2v) is 5.56. The molecule has 0 atom stereocenters. The molecule has 0 amide bonds. The molecule has 0 radical (unpaired) electrons. The van der Waals surface area contributed by atoms with Gasteiger partial charge in [-0.1, -0.05) is 35.3 Å². The van der Waals surface area contributed by atoms with E-state index in [-0.39, 0.29) is 18.0 Å². The quantitative estimate of drug-likeness (QED) is 0.815. The van der Waals surface area contributed by atoms with E-state index in [1.807, 2.05) is 0 Å². The number of benzene rings is 2. The molecule has 114 valence electrons. The number of methoxy groups -OCH3 is 1. The van der Waals surface area contributed by atoms with Gasteiger partial charge in [-0.15, -0.1) is 0 Å². The highest BCUT2D eigenvalue weighted by Crippen LogP contribution is 2.26. The Hall–Kier alpha value is -1.97. The monoisotopic (exact) mass is 336 g/mol. The highest BCUT2D eigenvalue weighted by atomic mass is 35.5. The molecule has 2 aromatic rings. The Morgan fingerprint density at radius 1 is 1.18 bits per heavy atom. The Morgan fingerprint density at radius 2 is 1.86 bits per heavy atom. The van der Waals surface area contributed by atoms with Crippen LogP contribution in [0.3, 0.4) is 0 Å². The highest BCUT2D eigenvalue weighted by Gasteiger charge is 2.04. The summed E-state index contributed by atoms with van der Waals surface area (Å²) in [4.78, 5) is 12.0. The van der Waals surface area contributed by atoms with Gasteiger partial charge in [0.2, 0.25) is 0 Å². The Kier molecular flexibility index (Phi) is 5.47. The number of ketones is 1. The summed E-state index contributed by atoms with van der Waals surface area (Å²) in [5, 5.41) is 10.7. The summed E-state index contributed by atoms with van der Waals surface area (Å²) in [6.07, 6.45) is 3.29. The van der Waals surface area contributed by atoms with E-state index in [1.54, 1.807) is 36.4 Å². The molecule has 3 nitrogen and oxygen atoms in total. The van der Waals surface area contributed by atoms with E-state index < -0.39 is 0 Å². The Bertz CT molecular complexity index is 704. The molecule has 2 rings (SSSR count). The van der Waals surface area contributed by atoms with Crippen LogP contribution in [0.1, 0.15) is 11.1 Å². The first-order valence-electron chi connectivity index (χ1n) is 6.51. The Labute approximate surface area is 138 Å². The lowest BCUT2D eigenvalue weighted by Crippen LogP contribution is -1.98. The fraction of sp³-hybridized carbons (Fsp3) is 0.118. The van der Waals surface area contributed by atoms with Crippen LogP contribution in [0, 0.1) is 0 Å². The molecular formula is C17H14Cl2O3. The van der Waals surface area contributed by atoms with Gasteiger partial charge in [-0.05, 0) is 47.5 Å². The number of hydrogen-bond donors (Lipinski definition) is 1. The molecule has 0 bridgehead atoms. The number of rotatable bonds is 5. The second kappa shape index (κ2) is 7.34. The average molecular weight is 337 g/mol. The lowest BCUT2D eigenvalue weighted by molar-refractivity contribution is -0.113. The van der Waals surface area contributed by atoms with Gasteiger partial charge in [0.05, 0.1) is 7.11 Å². The number of phenols is 1. The molecule has 0 fully saturated rings. The number of ether oxygens (including phenoxy) is 1. The van der Waals surface area contributed by atoms with Gasteiger partial charge in [-0.25, -0.2) is 0 Å². The van der Waals surface area contributed by atoms with E-state index in [4.69, 9.17) is 27.9 Å². The third-order valence-corrected chi connectivity index (χ3v) is 3.40. The van der Waals surface area contributed by atoms with Crippen LogP contribution < -0.4 is 4.74 Å². The number of halogens is 2. The first-order valence-corrected chi connectivity index (χ1v) is 7.26. The summed E-state index contributed by atoms with van der Waals surface area (Å²) in [5.74, 6) is 0.324. The first kappa shape index (κ1) is 16.4. The smallest absolute Gasteiger partial charge is 0.160 e. The van der Waals surface area contributed by atoms with Crippen LogP contribution in [0.2, 0.25) is 10.0 Å². The van der Waals surface area contributed by atoms with Gasteiger partial charge in [-0.2, -0.15) is 0 Å². The number of allylic oxidation sites excluding steroid dienone is 1. The van der Waals surface area contributed by atoms with Crippen LogP contribution >= 0.6 is 23.2 Å². The SMILES string of the molecule is COc1ccc(/C=C/C(=O)Cc2cc(Cl)cc(Cl)c2)cc1O. The molecule has 0 spiro atoms. The largest absolute Gasteiger partial charge is 0.504 e. The summed E-state index contributed by atoms with van der Waals surface area (Å²) in [5.41, 5.74) is 1.46. The van der Waals surface area contributed by atoms with E-state index in [9.17, 15) is 9.90 Å². The lowest BCUT2D eigenvalue weighted by atomic mass is 10.1. The Balaban J connectivity index is 2.06. The predicted octanol–water partition coefficient (Wildman–Crippen LogP) is 4.53. The Morgan fingerprint density at radius 3 is 2.45 bits per heavy atom. The zero-order valence-electron chi connectivity index (χ0n) is 11.8. The molecule has 0 aliphatic heterocycles. The summed E-state index contributed by atoms with van der Waals surface area (Å²) >= 11 is 11.8. The van der Waals surface area contributed by atoms with Crippen molar-refractivity contribution in [3.8, 4) is 11.5 Å². The van der Waals surface area contributed by atoms with E-state index >= 15 is 0 Å². The fourth-order valence-electron chi connectivity index (χ4n) is 1.97. The van der Waals surface area contributed by atoms with E-state index in [1.165, 1.54) is 19.3 Å². The molecule has 0 saturated carbocycles. The van der Waals surface area contributed by atoms with Crippen LogP contribution in [-0.2, 0) is 11.2 Å². The molecule has 0 saturated heterocycles. The van der Waals surface area contributed by atoms with Gasteiger partial charge in [-0.3, -0.25) is 4.79 Å². The second-order valence-electron chi connectivity index (χ2n) is 4.69. The van der Waals surface area contributed by atoms with E-state index in [2.05, 4.69) is 0 Å². The van der Waals surface area contributed by atoms with Crippen molar-refractivity contribution in [1.82, 2.24) is 0 Å². The van der Waals surface area contributed by atoms with Crippen LogP contribution in [0.25, 0.3) is 6.08 Å². The molecule has 1 N–H and O–H groups in total. The lowest BCUT2D eigenvalue weighted by Gasteiger charge is -2.03. The predicted molar refractivity (Wildman–Crippen MR) is 88.9 cm³/mol. The number of carbonyl (C=O) groups is 1. The van der Waals surface area contributed by atoms with Crippen LogP contribution in [0.5, 0.6) is 11.5 Å². The van der Waals surface area contributed by atoms with Gasteiger partial charge in [0.1, 0.15) is 0 Å². The fourth-order valence-corrected chi connectivity index (χ4v) is 2.54. The highest BCUT2D eigenvalue weighted by molar-refractivity contribution is 6.34. The van der Waals surface area contributed by atoms with Crippen molar-refractivity contribution in [3.63, 3.8) is 0 Å². The van der Waals surface area contributed by atoms with E-state index in [0.717, 1.165) is 5.56 Å². The number of aromatic hydroxyl groups is 1. The molecule has 2 aromatic carbocycles. The molecule has 0 aromatic heterocycles. The summed E-state index contributed by atoms with van der Waals surface area (Å²) in [6, 6.07) is 9.94. The van der Waals surface area contributed by atoms with Crippen molar-refractivity contribution < 1.29 is 14.6 Å². The van der Waals surface area contributed by atoms with Gasteiger partial charge in [0.15, 0.2) is 17.3 Å². The van der Waals surface area contributed by atoms with Crippen molar-refractivity contribution in [2.24, 2.45) is 0 Å². The minimum Gasteiger partial charge on any atom is -0.504 e. The van der Waals surface area contributed by atoms with E-state index in [0.29, 0.717) is 21.4 Å². The topological polar surface area (TPSA) is 46.5 Å². The minimum atomic E-state index is -0.0892. The van der Waals surface area contributed by atoms with Crippen molar-refractivity contribution in [1.29, 1.82) is 0 Å².